The summed E-state index contributed by atoms with van der Waals surface area (Å²) in [6.07, 6.45) is 5.12. The van der Waals surface area contributed by atoms with Gasteiger partial charge < -0.3 is 14.9 Å². The van der Waals surface area contributed by atoms with Crippen LogP contribution in [0.4, 0.5) is 9.18 Å². The van der Waals surface area contributed by atoms with Crippen molar-refractivity contribution in [3.63, 3.8) is 0 Å². The normalized spacial score (nSPS) is 30.4. The summed E-state index contributed by atoms with van der Waals surface area (Å²) in [5.41, 5.74) is -0.267. The highest BCUT2D eigenvalue weighted by Gasteiger charge is 2.45. The van der Waals surface area contributed by atoms with Crippen LogP contribution in [-0.4, -0.2) is 46.1 Å². The van der Waals surface area contributed by atoms with Crippen molar-refractivity contribution in [1.29, 1.82) is 0 Å². The van der Waals surface area contributed by atoms with Crippen LogP contribution in [0.1, 0.15) is 57.9 Å². The Hall–Kier alpha value is -1.62. The molecule has 0 spiro atoms. The van der Waals surface area contributed by atoms with Crippen LogP contribution in [0.3, 0.4) is 0 Å². The predicted octanol–water partition coefficient (Wildman–Crippen LogP) is 3.88. The smallest absolute Gasteiger partial charge is 0.320 e. The van der Waals surface area contributed by atoms with E-state index < -0.39 is 5.60 Å². The number of carbonyl (C=O) groups excluding carboxylic acids is 1. The number of benzene rings is 1. The molecule has 0 aliphatic carbocycles. The van der Waals surface area contributed by atoms with Crippen molar-refractivity contribution in [2.24, 2.45) is 0 Å². The second-order valence-corrected chi connectivity index (χ2v) is 7.60. The van der Waals surface area contributed by atoms with Gasteiger partial charge in [0.25, 0.3) is 0 Å². The van der Waals surface area contributed by atoms with E-state index in [4.69, 9.17) is 0 Å². The SMILES string of the molecule is CCC1CC(O)(c2ccc(F)cc2)CC(C)N1C(=O)N1CCCCC1. The number of piperidine rings is 2. The molecule has 0 radical (unpaired) electrons. The maximum Gasteiger partial charge on any atom is 0.320 e. The molecular weight excluding hydrogens is 319 g/mol. The zero-order valence-corrected chi connectivity index (χ0v) is 15.2. The summed E-state index contributed by atoms with van der Waals surface area (Å²) in [6, 6.07) is 6.17. The number of hydrogen-bond acceptors (Lipinski definition) is 2. The van der Waals surface area contributed by atoms with E-state index in [9.17, 15) is 14.3 Å². The van der Waals surface area contributed by atoms with Gasteiger partial charge >= 0.3 is 6.03 Å². The molecule has 2 aliphatic heterocycles. The highest BCUT2D eigenvalue weighted by molar-refractivity contribution is 5.75. The third-order valence-electron chi connectivity index (χ3n) is 5.77. The van der Waals surface area contributed by atoms with Gasteiger partial charge in [-0.05, 0) is 50.3 Å². The molecule has 2 amide bonds. The van der Waals surface area contributed by atoms with E-state index >= 15 is 0 Å². The molecule has 2 fully saturated rings. The molecule has 1 N–H and O–H groups in total. The standard InChI is InChI=1S/C20H29FN2O2/c1-3-18-14-20(25,16-7-9-17(21)10-8-16)13-15(2)23(18)19(24)22-11-5-4-6-12-22/h7-10,15,18,25H,3-6,11-14H2,1-2H3. The first-order valence-corrected chi connectivity index (χ1v) is 9.50. The van der Waals surface area contributed by atoms with Crippen molar-refractivity contribution in [2.75, 3.05) is 13.1 Å². The van der Waals surface area contributed by atoms with E-state index in [2.05, 4.69) is 6.92 Å². The molecule has 2 heterocycles. The molecule has 0 aromatic heterocycles. The van der Waals surface area contributed by atoms with Crippen LogP contribution in [0.5, 0.6) is 0 Å². The van der Waals surface area contributed by atoms with Crippen molar-refractivity contribution in [3.05, 3.63) is 35.6 Å². The zero-order valence-electron chi connectivity index (χ0n) is 15.2. The van der Waals surface area contributed by atoms with E-state index in [1.807, 2.05) is 16.7 Å². The highest BCUT2D eigenvalue weighted by atomic mass is 19.1. The highest BCUT2D eigenvalue weighted by Crippen LogP contribution is 2.40. The topological polar surface area (TPSA) is 43.8 Å². The first-order chi connectivity index (χ1) is 11.9. The molecule has 0 saturated carbocycles. The number of nitrogens with zero attached hydrogens (tertiary/aromatic N) is 2. The van der Waals surface area contributed by atoms with Gasteiger partial charge in [0.1, 0.15) is 5.82 Å². The fraction of sp³-hybridized carbons (Fsp3) is 0.650. The second-order valence-electron chi connectivity index (χ2n) is 7.60. The lowest BCUT2D eigenvalue weighted by Gasteiger charge is -2.49. The van der Waals surface area contributed by atoms with Crippen LogP contribution in [0.2, 0.25) is 0 Å². The molecule has 138 valence electrons. The van der Waals surface area contributed by atoms with Gasteiger partial charge in [-0.2, -0.15) is 0 Å². The lowest BCUT2D eigenvalue weighted by Crippen LogP contribution is -2.59. The molecular formula is C20H29FN2O2. The van der Waals surface area contributed by atoms with Crippen LogP contribution < -0.4 is 0 Å². The fourth-order valence-electron chi connectivity index (χ4n) is 4.45. The minimum absolute atomic E-state index is 0.00627. The molecule has 0 bridgehead atoms. The zero-order chi connectivity index (χ0) is 18.0. The maximum absolute atomic E-state index is 13.2. The summed E-state index contributed by atoms with van der Waals surface area (Å²) in [5.74, 6) is -0.301. The molecule has 3 rings (SSSR count). The molecule has 1 aromatic rings. The minimum atomic E-state index is -1.01. The van der Waals surface area contributed by atoms with E-state index in [0.29, 0.717) is 12.8 Å². The fourth-order valence-corrected chi connectivity index (χ4v) is 4.45. The number of urea groups is 1. The average molecular weight is 348 g/mol. The summed E-state index contributed by atoms with van der Waals surface area (Å²) in [4.78, 5) is 17.0. The van der Waals surface area contributed by atoms with E-state index in [-0.39, 0.29) is 23.9 Å². The average Bonchev–Trinajstić information content (AvgIpc) is 2.61. The van der Waals surface area contributed by atoms with Crippen molar-refractivity contribution >= 4 is 6.03 Å². The van der Waals surface area contributed by atoms with Gasteiger partial charge in [-0.3, -0.25) is 0 Å². The number of rotatable bonds is 2. The third-order valence-corrected chi connectivity index (χ3v) is 5.77. The number of amides is 2. The third kappa shape index (κ3) is 3.66. The molecule has 5 heteroatoms. The second kappa shape index (κ2) is 7.32. The molecule has 3 unspecified atom stereocenters. The predicted molar refractivity (Wildman–Crippen MR) is 95.7 cm³/mol. The van der Waals surface area contributed by atoms with Crippen molar-refractivity contribution in [2.45, 2.75) is 70.1 Å². The Morgan fingerprint density at radius 2 is 1.84 bits per heavy atom. The minimum Gasteiger partial charge on any atom is -0.385 e. The first kappa shape index (κ1) is 18.2. The van der Waals surface area contributed by atoms with Gasteiger partial charge in [-0.25, -0.2) is 9.18 Å². The molecule has 2 saturated heterocycles. The van der Waals surface area contributed by atoms with Crippen molar-refractivity contribution in [1.82, 2.24) is 9.80 Å². The van der Waals surface area contributed by atoms with Crippen molar-refractivity contribution < 1.29 is 14.3 Å². The Morgan fingerprint density at radius 3 is 2.44 bits per heavy atom. The lowest BCUT2D eigenvalue weighted by molar-refractivity contribution is -0.0651. The van der Waals surface area contributed by atoms with Crippen molar-refractivity contribution in [3.8, 4) is 0 Å². The molecule has 25 heavy (non-hydrogen) atoms. The van der Waals surface area contributed by atoms with Gasteiger partial charge in [0.2, 0.25) is 0 Å². The van der Waals surface area contributed by atoms with Gasteiger partial charge in [-0.1, -0.05) is 19.1 Å². The monoisotopic (exact) mass is 348 g/mol. The molecule has 4 nitrogen and oxygen atoms in total. The van der Waals surface area contributed by atoms with Crippen LogP contribution in [0, 0.1) is 5.82 Å². The summed E-state index contributed by atoms with van der Waals surface area (Å²) in [6.45, 7) is 5.74. The van der Waals surface area contributed by atoms with Crippen LogP contribution in [0.15, 0.2) is 24.3 Å². The molecule has 1 aromatic carbocycles. The number of halogens is 1. The Morgan fingerprint density at radius 1 is 1.20 bits per heavy atom. The summed E-state index contributed by atoms with van der Waals surface area (Å²) in [5, 5.41) is 11.2. The number of aliphatic hydroxyl groups is 1. The van der Waals surface area contributed by atoms with Crippen LogP contribution in [0.25, 0.3) is 0 Å². The van der Waals surface area contributed by atoms with E-state index in [1.165, 1.54) is 18.6 Å². The van der Waals surface area contributed by atoms with E-state index in [0.717, 1.165) is 37.9 Å². The van der Waals surface area contributed by atoms with Crippen LogP contribution in [-0.2, 0) is 5.60 Å². The number of likely N-dealkylation sites (tertiary alicyclic amines) is 2. The summed E-state index contributed by atoms with van der Waals surface area (Å²) >= 11 is 0. The Kier molecular flexibility index (Phi) is 5.32. The lowest BCUT2D eigenvalue weighted by atomic mass is 9.77. The Balaban J connectivity index is 1.80. The van der Waals surface area contributed by atoms with Gasteiger partial charge in [0.05, 0.1) is 5.60 Å². The first-order valence-electron chi connectivity index (χ1n) is 9.50. The summed E-state index contributed by atoms with van der Waals surface area (Å²) in [7, 11) is 0. The number of carbonyl (C=O) groups is 1. The Labute approximate surface area is 149 Å². The molecule has 3 atom stereocenters. The largest absolute Gasteiger partial charge is 0.385 e. The van der Waals surface area contributed by atoms with Gasteiger partial charge in [-0.15, -0.1) is 0 Å². The quantitative estimate of drug-likeness (QED) is 0.881. The van der Waals surface area contributed by atoms with Gasteiger partial charge in [0.15, 0.2) is 0 Å². The summed E-state index contributed by atoms with van der Waals surface area (Å²) < 4.78 is 13.2. The maximum atomic E-state index is 13.2. The van der Waals surface area contributed by atoms with E-state index in [1.54, 1.807) is 12.1 Å². The van der Waals surface area contributed by atoms with Crippen LogP contribution >= 0.6 is 0 Å². The van der Waals surface area contributed by atoms with Gasteiger partial charge in [0, 0.05) is 38.0 Å². The molecule has 2 aliphatic rings. The Bertz CT molecular complexity index is 600. The number of hydrogen-bond donors (Lipinski definition) is 1.